The Kier molecular flexibility index (Phi) is 15.8. The number of benzene rings is 6. The number of rotatable bonds is 20. The van der Waals surface area contributed by atoms with E-state index in [1.54, 1.807) is 27.0 Å². The molecule has 5 N–H and O–H groups in total. The van der Waals surface area contributed by atoms with Crippen LogP contribution < -0.4 is 26.0 Å². The van der Waals surface area contributed by atoms with Gasteiger partial charge in [0.15, 0.2) is 5.75 Å². The summed E-state index contributed by atoms with van der Waals surface area (Å²) in [6, 6.07) is 46.3. The number of alkyl carbamates (subject to hydrolysis) is 1. The normalized spacial score (nSPS) is 14.0. The fraction of sp³-hybridized carbons (Fsp3) is 0.246. The monoisotopic (exact) mass is 939 g/mol. The van der Waals surface area contributed by atoms with Gasteiger partial charge >= 0.3 is 12.1 Å². The first-order valence-electron chi connectivity index (χ1n) is 23.6. The van der Waals surface area contributed by atoms with Crippen LogP contribution in [0.3, 0.4) is 0 Å². The van der Waals surface area contributed by atoms with Crippen molar-refractivity contribution in [2.24, 2.45) is 5.92 Å². The van der Waals surface area contributed by atoms with E-state index in [0.717, 1.165) is 44.5 Å². The van der Waals surface area contributed by atoms with Gasteiger partial charge < -0.3 is 40.5 Å². The van der Waals surface area contributed by atoms with Crippen molar-refractivity contribution in [2.75, 3.05) is 6.61 Å². The Labute approximate surface area is 407 Å². The second kappa shape index (κ2) is 22.8. The first-order chi connectivity index (χ1) is 34.0. The van der Waals surface area contributed by atoms with Gasteiger partial charge in [0.1, 0.15) is 30.8 Å². The molecule has 0 spiro atoms. The van der Waals surface area contributed by atoms with Crippen molar-refractivity contribution in [1.82, 2.24) is 26.3 Å². The molecule has 7 aromatic rings. The van der Waals surface area contributed by atoms with Crippen LogP contribution >= 0.6 is 0 Å². The molecule has 8 rings (SSSR count). The van der Waals surface area contributed by atoms with Gasteiger partial charge in [0.25, 0.3) is 0 Å². The number of amides is 4. The number of carbonyl (C=O) groups excluding carboxylic acids is 5. The average molecular weight is 940 g/mol. The van der Waals surface area contributed by atoms with Gasteiger partial charge in [0.2, 0.25) is 17.7 Å². The van der Waals surface area contributed by atoms with Crippen LogP contribution in [0.5, 0.6) is 5.75 Å². The topological polar surface area (TPSA) is 177 Å². The standard InChI is InChI=1S/C57H57N5O8/c1-36(2)51(61-53(63)48(31-38-19-7-4-8-20-38)60-57(67)69-35-46-43-27-15-13-25-41(43)42-26-14-16-28-44(42)46)54(64)62-52(37(3)68-34-40-23-11-6-12-24-40)55(65)59-49(32-39-21-9-5-10-22-39)56(66)70-50-33-58-47-30-18-17-29-45(47)50/h4-30,33,36-37,46,48-49,51-52,58H,31-32,34-35H2,1-3H3,(H,59,65)(H,60,67)(H,61,63)(H,62,64)/t37?,48-,49?,51-,52-/m0/s1. The van der Waals surface area contributed by atoms with E-state index in [1.807, 2.05) is 152 Å². The number of H-pyrrole nitrogens is 1. The van der Waals surface area contributed by atoms with E-state index in [9.17, 15) is 24.0 Å². The lowest BCUT2D eigenvalue weighted by atomic mass is 9.98. The molecule has 0 bridgehead atoms. The van der Waals surface area contributed by atoms with Gasteiger partial charge in [-0.3, -0.25) is 14.4 Å². The maximum atomic E-state index is 14.6. The second-order valence-electron chi connectivity index (χ2n) is 17.8. The molecule has 1 aliphatic carbocycles. The lowest BCUT2D eigenvalue weighted by Crippen LogP contribution is -2.61. The summed E-state index contributed by atoms with van der Waals surface area (Å²) in [4.78, 5) is 74.4. The molecule has 5 atom stereocenters. The minimum absolute atomic E-state index is 0.0392. The number of ether oxygens (including phenoxy) is 3. The zero-order chi connectivity index (χ0) is 49.0. The smallest absolute Gasteiger partial charge is 0.407 e. The molecule has 6 aromatic carbocycles. The predicted octanol–water partition coefficient (Wildman–Crippen LogP) is 8.18. The maximum Gasteiger partial charge on any atom is 0.407 e. The summed E-state index contributed by atoms with van der Waals surface area (Å²) in [6.45, 7) is 5.33. The minimum atomic E-state index is -1.35. The molecule has 0 saturated heterocycles. The maximum absolute atomic E-state index is 14.6. The lowest BCUT2D eigenvalue weighted by Gasteiger charge is -2.30. The summed E-state index contributed by atoms with van der Waals surface area (Å²) in [5, 5.41) is 12.0. The average Bonchev–Trinajstić information content (AvgIpc) is 3.94. The fourth-order valence-corrected chi connectivity index (χ4v) is 8.78. The van der Waals surface area contributed by atoms with E-state index >= 15 is 0 Å². The zero-order valence-corrected chi connectivity index (χ0v) is 39.3. The highest BCUT2D eigenvalue weighted by Crippen LogP contribution is 2.44. The third kappa shape index (κ3) is 12.0. The van der Waals surface area contributed by atoms with Gasteiger partial charge in [-0.25, -0.2) is 9.59 Å². The van der Waals surface area contributed by atoms with Crippen LogP contribution in [0.25, 0.3) is 22.0 Å². The molecule has 1 aliphatic rings. The van der Waals surface area contributed by atoms with E-state index in [1.165, 1.54) is 0 Å². The van der Waals surface area contributed by atoms with Crippen LogP contribution in [0.4, 0.5) is 4.79 Å². The third-order valence-corrected chi connectivity index (χ3v) is 12.5. The van der Waals surface area contributed by atoms with E-state index in [4.69, 9.17) is 14.2 Å². The quantitative estimate of drug-likeness (QED) is 0.0476. The Morgan fingerprint density at radius 1 is 0.543 bits per heavy atom. The number of aromatic nitrogens is 1. The SMILES string of the molecule is CC(C)[C@H](NC(=O)[C@H](Cc1ccccc1)NC(=O)OCC1c2ccccc2-c2ccccc21)C(=O)N[C@H](C(=O)NC(Cc1ccccc1)C(=O)Oc1c[nH]c2ccccc12)C(C)OCc1ccccc1. The number of hydrogen-bond donors (Lipinski definition) is 5. The van der Waals surface area contributed by atoms with Crippen LogP contribution in [0, 0.1) is 5.92 Å². The molecule has 13 heteroatoms. The summed E-state index contributed by atoms with van der Waals surface area (Å²) in [6.07, 6.45) is 0.0343. The summed E-state index contributed by atoms with van der Waals surface area (Å²) >= 11 is 0. The molecule has 0 radical (unpaired) electrons. The molecule has 0 saturated carbocycles. The largest absolute Gasteiger partial charge is 0.449 e. The van der Waals surface area contributed by atoms with E-state index < -0.39 is 66.0 Å². The first kappa shape index (κ1) is 48.4. The van der Waals surface area contributed by atoms with Crippen molar-refractivity contribution < 1.29 is 38.2 Å². The number of para-hydroxylation sites is 1. The minimum Gasteiger partial charge on any atom is -0.449 e. The molecular formula is C57H57N5O8. The number of aromatic amines is 1. The van der Waals surface area contributed by atoms with Gasteiger partial charge in [-0.1, -0.05) is 166 Å². The van der Waals surface area contributed by atoms with Crippen molar-refractivity contribution in [3.05, 3.63) is 198 Å². The van der Waals surface area contributed by atoms with Crippen LogP contribution in [-0.4, -0.2) is 71.6 Å². The third-order valence-electron chi connectivity index (χ3n) is 12.5. The molecule has 70 heavy (non-hydrogen) atoms. The lowest BCUT2D eigenvalue weighted by molar-refractivity contribution is -0.141. The van der Waals surface area contributed by atoms with E-state index in [-0.39, 0.29) is 32.0 Å². The van der Waals surface area contributed by atoms with Gasteiger partial charge in [-0.05, 0) is 63.9 Å². The van der Waals surface area contributed by atoms with E-state index in [0.29, 0.717) is 11.1 Å². The summed E-state index contributed by atoms with van der Waals surface area (Å²) in [7, 11) is 0. The van der Waals surface area contributed by atoms with Gasteiger partial charge in [-0.15, -0.1) is 0 Å². The highest BCUT2D eigenvalue weighted by molar-refractivity contribution is 5.96. The molecule has 2 unspecified atom stereocenters. The fourth-order valence-electron chi connectivity index (χ4n) is 8.78. The van der Waals surface area contributed by atoms with E-state index in [2.05, 4.69) is 38.4 Å². The molecule has 1 heterocycles. The number of hydrogen-bond acceptors (Lipinski definition) is 8. The summed E-state index contributed by atoms with van der Waals surface area (Å²) in [5.74, 6) is -3.13. The number of carbonyl (C=O) groups is 5. The zero-order valence-electron chi connectivity index (χ0n) is 39.3. The Morgan fingerprint density at radius 3 is 1.67 bits per heavy atom. The van der Waals surface area contributed by atoms with Gasteiger partial charge in [0.05, 0.1) is 12.7 Å². The Balaban J connectivity index is 0.998. The molecule has 358 valence electrons. The van der Waals surface area contributed by atoms with Crippen molar-refractivity contribution in [3.63, 3.8) is 0 Å². The van der Waals surface area contributed by atoms with Crippen molar-refractivity contribution in [1.29, 1.82) is 0 Å². The molecule has 1 aromatic heterocycles. The Morgan fingerprint density at radius 2 is 1.06 bits per heavy atom. The summed E-state index contributed by atoms with van der Waals surface area (Å²) < 4.78 is 18.0. The molecule has 4 amide bonds. The van der Waals surface area contributed by atoms with Crippen LogP contribution in [0.1, 0.15) is 54.5 Å². The molecule has 0 fully saturated rings. The first-order valence-corrected chi connectivity index (χ1v) is 23.6. The number of fused-ring (bicyclic) bond motifs is 4. The van der Waals surface area contributed by atoms with Crippen LogP contribution in [0.2, 0.25) is 0 Å². The Bertz CT molecular complexity index is 2860. The number of nitrogens with one attached hydrogen (secondary N) is 5. The van der Waals surface area contributed by atoms with Crippen LogP contribution in [0.15, 0.2) is 170 Å². The molecular weight excluding hydrogens is 883 g/mol. The second-order valence-corrected chi connectivity index (χ2v) is 17.8. The van der Waals surface area contributed by atoms with Crippen molar-refractivity contribution in [3.8, 4) is 16.9 Å². The highest BCUT2D eigenvalue weighted by atomic mass is 16.5. The highest BCUT2D eigenvalue weighted by Gasteiger charge is 2.37. The molecule has 0 aliphatic heterocycles. The predicted molar refractivity (Wildman–Crippen MR) is 268 cm³/mol. The molecule has 13 nitrogen and oxygen atoms in total. The number of esters is 1. The van der Waals surface area contributed by atoms with Gasteiger partial charge in [-0.2, -0.15) is 0 Å². The van der Waals surface area contributed by atoms with Gasteiger partial charge in [0, 0.05) is 35.9 Å². The summed E-state index contributed by atoms with van der Waals surface area (Å²) in [5.41, 5.74) is 7.39. The Hall–Kier alpha value is -8.03. The van der Waals surface area contributed by atoms with Crippen molar-refractivity contribution >= 4 is 40.7 Å². The van der Waals surface area contributed by atoms with Crippen molar-refractivity contribution in [2.45, 2.75) is 76.4 Å². The van der Waals surface area contributed by atoms with Crippen LogP contribution in [-0.2, 0) is 48.1 Å².